The van der Waals surface area contributed by atoms with E-state index in [9.17, 15) is 0 Å². The second kappa shape index (κ2) is 2.15. The van der Waals surface area contributed by atoms with Crippen LogP contribution in [0, 0.1) is 0 Å². The molecule has 0 aromatic carbocycles. The number of nitrogens with zero attached hydrogens (tertiary/aromatic N) is 1. The summed E-state index contributed by atoms with van der Waals surface area (Å²) in [5, 5.41) is 3.61. The molecule has 1 aliphatic carbocycles. The van der Waals surface area contributed by atoms with Gasteiger partial charge in [-0.25, -0.2) is 0 Å². The molecule has 0 aromatic heterocycles. The Morgan fingerprint density at radius 2 is 2.00 bits per heavy atom. The molecule has 0 saturated heterocycles. The summed E-state index contributed by atoms with van der Waals surface area (Å²) in [5.41, 5.74) is 0. The quantitative estimate of drug-likeness (QED) is 0.513. The molecular formula is C7H11NO2. The number of hydrogen-bond donors (Lipinski definition) is 0. The summed E-state index contributed by atoms with van der Waals surface area (Å²) < 4.78 is 5.27. The normalized spacial score (nSPS) is 28.0. The summed E-state index contributed by atoms with van der Waals surface area (Å²) in [6.45, 7) is 0. The minimum absolute atomic E-state index is 0.349. The molecule has 0 atom stereocenters. The van der Waals surface area contributed by atoms with Gasteiger partial charge in [-0.1, -0.05) is 11.6 Å². The molecule has 1 heterocycles. The predicted molar refractivity (Wildman–Crippen MR) is 36.5 cm³/mol. The van der Waals surface area contributed by atoms with Crippen LogP contribution in [0.15, 0.2) is 5.16 Å². The van der Waals surface area contributed by atoms with E-state index >= 15 is 0 Å². The van der Waals surface area contributed by atoms with E-state index in [1.807, 2.05) is 0 Å². The maximum Gasteiger partial charge on any atom is 0.276 e. The van der Waals surface area contributed by atoms with E-state index in [1.54, 1.807) is 0 Å². The molecule has 0 bridgehead atoms. The molecule has 0 amide bonds. The Morgan fingerprint density at radius 1 is 1.20 bits per heavy atom. The van der Waals surface area contributed by atoms with Gasteiger partial charge < -0.3 is 9.57 Å². The Balaban J connectivity index is 2.00. The molecule has 1 fully saturated rings. The largest absolute Gasteiger partial charge is 0.436 e. The standard InChI is InChI=1S/C7H11NO2/c1-2-4-7(5-3-1)9-6-8-10-7/h6H,1-5H2. The van der Waals surface area contributed by atoms with Crippen LogP contribution in [-0.4, -0.2) is 12.2 Å². The van der Waals surface area contributed by atoms with E-state index < -0.39 is 0 Å². The molecule has 0 radical (unpaired) electrons. The Bertz CT molecular complexity index is 140. The first-order chi connectivity index (χ1) is 4.91. The first-order valence-electron chi connectivity index (χ1n) is 3.79. The third-order valence-electron chi connectivity index (χ3n) is 2.14. The number of hydrogen-bond acceptors (Lipinski definition) is 3. The molecule has 0 unspecified atom stereocenters. The van der Waals surface area contributed by atoms with E-state index in [1.165, 1.54) is 25.7 Å². The lowest BCUT2D eigenvalue weighted by atomic mass is 9.94. The van der Waals surface area contributed by atoms with Crippen molar-refractivity contribution >= 4 is 6.40 Å². The third kappa shape index (κ3) is 0.856. The SMILES string of the molecule is C1=NOC2(CCCCC2)O1. The summed E-state index contributed by atoms with van der Waals surface area (Å²) in [6.07, 6.45) is 7.09. The lowest BCUT2D eigenvalue weighted by Crippen LogP contribution is -2.32. The van der Waals surface area contributed by atoms with Gasteiger partial charge in [-0.3, -0.25) is 0 Å². The van der Waals surface area contributed by atoms with E-state index in [-0.39, 0.29) is 5.79 Å². The molecule has 10 heavy (non-hydrogen) atoms. The molecule has 0 N–H and O–H groups in total. The molecule has 0 aromatic rings. The minimum Gasteiger partial charge on any atom is -0.436 e. The molecule has 2 rings (SSSR count). The van der Waals surface area contributed by atoms with Crippen LogP contribution >= 0.6 is 0 Å². The van der Waals surface area contributed by atoms with Crippen LogP contribution in [-0.2, 0) is 9.57 Å². The van der Waals surface area contributed by atoms with E-state index in [0.717, 1.165) is 12.8 Å². The molecule has 3 heteroatoms. The smallest absolute Gasteiger partial charge is 0.276 e. The van der Waals surface area contributed by atoms with E-state index in [4.69, 9.17) is 9.57 Å². The fraction of sp³-hybridized carbons (Fsp3) is 0.857. The average molecular weight is 141 g/mol. The van der Waals surface area contributed by atoms with Gasteiger partial charge in [-0.15, -0.1) is 0 Å². The fourth-order valence-electron chi connectivity index (χ4n) is 1.56. The van der Waals surface area contributed by atoms with Gasteiger partial charge in [0.25, 0.3) is 5.79 Å². The van der Waals surface area contributed by atoms with Gasteiger partial charge in [0.15, 0.2) is 0 Å². The molecule has 1 spiro atoms. The summed E-state index contributed by atoms with van der Waals surface area (Å²) in [6, 6.07) is 0. The lowest BCUT2D eigenvalue weighted by molar-refractivity contribution is -0.177. The molecule has 1 saturated carbocycles. The average Bonchev–Trinajstić information content (AvgIpc) is 2.39. The number of oxime groups is 1. The summed E-state index contributed by atoms with van der Waals surface area (Å²) >= 11 is 0. The highest BCUT2D eigenvalue weighted by Crippen LogP contribution is 2.34. The first kappa shape index (κ1) is 6.01. The minimum atomic E-state index is -0.349. The van der Waals surface area contributed by atoms with Crippen molar-refractivity contribution in [3.63, 3.8) is 0 Å². The van der Waals surface area contributed by atoms with Crippen molar-refractivity contribution in [1.29, 1.82) is 0 Å². The Kier molecular flexibility index (Phi) is 1.29. The van der Waals surface area contributed by atoms with Gasteiger partial charge in [0.2, 0.25) is 6.40 Å². The summed E-state index contributed by atoms with van der Waals surface area (Å²) in [7, 11) is 0. The van der Waals surface area contributed by atoms with Crippen molar-refractivity contribution < 1.29 is 9.57 Å². The van der Waals surface area contributed by atoms with Crippen molar-refractivity contribution in [2.24, 2.45) is 5.16 Å². The highest BCUT2D eigenvalue weighted by molar-refractivity contribution is 5.47. The maximum absolute atomic E-state index is 5.27. The van der Waals surface area contributed by atoms with Gasteiger partial charge in [0.1, 0.15) is 0 Å². The maximum atomic E-state index is 5.27. The number of rotatable bonds is 0. The molecule has 1 aliphatic heterocycles. The summed E-state index contributed by atoms with van der Waals surface area (Å²) in [5.74, 6) is -0.349. The molecule has 3 nitrogen and oxygen atoms in total. The van der Waals surface area contributed by atoms with E-state index in [0.29, 0.717) is 0 Å². The lowest BCUT2D eigenvalue weighted by Gasteiger charge is -2.28. The van der Waals surface area contributed by atoms with Crippen molar-refractivity contribution in [1.82, 2.24) is 0 Å². The zero-order valence-corrected chi connectivity index (χ0v) is 5.88. The molecular weight excluding hydrogens is 130 g/mol. The topological polar surface area (TPSA) is 30.8 Å². The van der Waals surface area contributed by atoms with Gasteiger partial charge in [0, 0.05) is 12.8 Å². The van der Waals surface area contributed by atoms with Crippen LogP contribution in [0.5, 0.6) is 0 Å². The van der Waals surface area contributed by atoms with Gasteiger partial charge in [-0.05, 0) is 12.8 Å². The van der Waals surface area contributed by atoms with Gasteiger partial charge in [0.05, 0.1) is 0 Å². The monoisotopic (exact) mass is 141 g/mol. The van der Waals surface area contributed by atoms with Crippen LogP contribution in [0.4, 0.5) is 0 Å². The molecule has 56 valence electrons. The molecule has 2 aliphatic rings. The van der Waals surface area contributed by atoms with Crippen LogP contribution in [0.3, 0.4) is 0 Å². The number of ether oxygens (including phenoxy) is 1. The van der Waals surface area contributed by atoms with Crippen molar-refractivity contribution in [2.45, 2.75) is 37.9 Å². The van der Waals surface area contributed by atoms with Crippen LogP contribution in [0.1, 0.15) is 32.1 Å². The Hall–Kier alpha value is -0.730. The predicted octanol–water partition coefficient (Wildman–Crippen LogP) is 1.64. The summed E-state index contributed by atoms with van der Waals surface area (Å²) in [4.78, 5) is 5.13. The van der Waals surface area contributed by atoms with Crippen LogP contribution in [0.25, 0.3) is 0 Å². The zero-order valence-electron chi connectivity index (χ0n) is 5.88. The van der Waals surface area contributed by atoms with Gasteiger partial charge in [-0.2, -0.15) is 0 Å². The zero-order chi connectivity index (χ0) is 6.86. The Morgan fingerprint density at radius 3 is 2.60 bits per heavy atom. The van der Waals surface area contributed by atoms with Crippen LogP contribution < -0.4 is 0 Å². The van der Waals surface area contributed by atoms with Crippen LogP contribution in [0.2, 0.25) is 0 Å². The second-order valence-corrected chi connectivity index (χ2v) is 2.89. The van der Waals surface area contributed by atoms with Gasteiger partial charge >= 0.3 is 0 Å². The highest BCUT2D eigenvalue weighted by Gasteiger charge is 2.38. The highest BCUT2D eigenvalue weighted by atomic mass is 16.8. The first-order valence-corrected chi connectivity index (χ1v) is 3.79. The van der Waals surface area contributed by atoms with Crippen molar-refractivity contribution in [2.75, 3.05) is 0 Å². The van der Waals surface area contributed by atoms with Crippen molar-refractivity contribution in [3.8, 4) is 0 Å². The third-order valence-corrected chi connectivity index (χ3v) is 2.14. The Labute approximate surface area is 60.0 Å². The second-order valence-electron chi connectivity index (χ2n) is 2.89. The van der Waals surface area contributed by atoms with Crippen molar-refractivity contribution in [3.05, 3.63) is 0 Å². The van der Waals surface area contributed by atoms with E-state index in [2.05, 4.69) is 5.16 Å². The fourth-order valence-corrected chi connectivity index (χ4v) is 1.56.